The number of methoxy groups -OCH3 is 1. The highest BCUT2D eigenvalue weighted by atomic mass is 32.2. The van der Waals surface area contributed by atoms with Crippen LogP contribution in [-0.2, 0) is 16.1 Å². The largest absolute Gasteiger partial charge is 0.383 e. The fraction of sp³-hybridized carbons (Fsp3) is 0.385. The minimum absolute atomic E-state index is 0.156. The number of benzene rings is 1. The van der Waals surface area contributed by atoms with E-state index in [1.165, 1.54) is 11.8 Å². The molecule has 0 atom stereocenters. The summed E-state index contributed by atoms with van der Waals surface area (Å²) in [6.45, 7) is 2.20. The van der Waals surface area contributed by atoms with Crippen LogP contribution in [0.2, 0.25) is 0 Å². The molecule has 4 N–H and O–H groups in total. The Morgan fingerprint density at radius 1 is 1.40 bits per heavy atom. The third-order valence-corrected chi connectivity index (χ3v) is 3.34. The summed E-state index contributed by atoms with van der Waals surface area (Å²) in [5, 5.41) is 5.27. The van der Waals surface area contributed by atoms with Crippen molar-refractivity contribution in [1.82, 2.24) is 10.6 Å². The van der Waals surface area contributed by atoms with Crippen LogP contribution >= 0.6 is 11.8 Å². The molecule has 0 saturated heterocycles. The predicted molar refractivity (Wildman–Crippen MR) is 78.5 cm³/mol. The fourth-order valence-corrected chi connectivity index (χ4v) is 2.25. The van der Waals surface area contributed by atoms with Crippen LogP contribution in [0.1, 0.15) is 5.56 Å². The van der Waals surface area contributed by atoms with Gasteiger partial charge in [0.15, 0.2) is 0 Å². The molecular weight excluding hydrogens is 278 g/mol. The minimum Gasteiger partial charge on any atom is -0.383 e. The zero-order valence-electron chi connectivity index (χ0n) is 11.3. The van der Waals surface area contributed by atoms with Crippen LogP contribution in [0.3, 0.4) is 0 Å². The number of ether oxygens (including phenoxy) is 1. The van der Waals surface area contributed by atoms with Crippen molar-refractivity contribution >= 4 is 23.7 Å². The van der Waals surface area contributed by atoms with Crippen LogP contribution in [0.15, 0.2) is 29.2 Å². The Bertz CT molecular complexity index is 454. The van der Waals surface area contributed by atoms with E-state index in [9.17, 15) is 9.59 Å². The summed E-state index contributed by atoms with van der Waals surface area (Å²) in [4.78, 5) is 22.8. The van der Waals surface area contributed by atoms with Crippen LogP contribution in [0.25, 0.3) is 0 Å². The Morgan fingerprint density at radius 3 is 2.90 bits per heavy atom. The lowest BCUT2D eigenvalue weighted by Crippen LogP contribution is -2.36. The maximum absolute atomic E-state index is 11.3. The molecule has 0 saturated carbocycles. The van der Waals surface area contributed by atoms with E-state index in [1.807, 2.05) is 29.6 Å². The molecule has 0 aliphatic rings. The van der Waals surface area contributed by atoms with Gasteiger partial charge in [-0.15, -0.1) is 11.8 Å². The molecule has 1 aromatic rings. The van der Waals surface area contributed by atoms with Crippen LogP contribution in [0, 0.1) is 0 Å². The normalized spacial score (nSPS) is 10.2. The predicted octanol–water partition coefficient (Wildman–Crippen LogP) is 0.710. The first-order chi connectivity index (χ1) is 9.61. The van der Waals surface area contributed by atoms with Crippen molar-refractivity contribution in [1.29, 1.82) is 0 Å². The molecule has 1 rings (SSSR count). The third kappa shape index (κ3) is 7.13. The average Bonchev–Trinajstić information content (AvgIpc) is 2.41. The summed E-state index contributed by atoms with van der Waals surface area (Å²) in [5.74, 6) is -0.241. The monoisotopic (exact) mass is 297 g/mol. The second kappa shape index (κ2) is 9.35. The Labute approximate surface area is 122 Å². The number of amides is 3. The number of carbonyl (C=O) groups excluding carboxylic acids is 2. The first-order valence-electron chi connectivity index (χ1n) is 6.12. The van der Waals surface area contributed by atoms with E-state index in [2.05, 4.69) is 5.32 Å². The van der Waals surface area contributed by atoms with Crippen LogP contribution < -0.4 is 16.4 Å². The number of nitrogens with one attached hydrogen (secondary N) is 2. The molecule has 6 nitrogen and oxygen atoms in total. The molecular formula is C13H19N3O3S. The first-order valence-corrected chi connectivity index (χ1v) is 7.11. The second-order valence-electron chi connectivity index (χ2n) is 4.02. The topological polar surface area (TPSA) is 93.4 Å². The number of hydrogen-bond donors (Lipinski definition) is 3. The van der Waals surface area contributed by atoms with Gasteiger partial charge in [0, 0.05) is 25.1 Å². The lowest BCUT2D eigenvalue weighted by molar-refractivity contribution is -0.117. The number of imide groups is 1. The quantitative estimate of drug-likeness (QED) is 0.485. The van der Waals surface area contributed by atoms with Crippen LogP contribution in [0.5, 0.6) is 0 Å². The molecule has 0 heterocycles. The summed E-state index contributed by atoms with van der Waals surface area (Å²) < 4.78 is 4.95. The Morgan fingerprint density at radius 2 is 2.20 bits per heavy atom. The van der Waals surface area contributed by atoms with Gasteiger partial charge in [-0.3, -0.25) is 10.1 Å². The van der Waals surface area contributed by atoms with Gasteiger partial charge in [0.1, 0.15) is 0 Å². The zero-order chi connectivity index (χ0) is 14.8. The summed E-state index contributed by atoms with van der Waals surface area (Å²) in [7, 11) is 1.66. The van der Waals surface area contributed by atoms with E-state index in [1.54, 1.807) is 7.11 Å². The number of urea groups is 1. The summed E-state index contributed by atoms with van der Waals surface area (Å²) in [6.07, 6.45) is 0. The van der Waals surface area contributed by atoms with Crippen molar-refractivity contribution in [3.63, 3.8) is 0 Å². The van der Waals surface area contributed by atoms with Crippen molar-refractivity contribution in [2.75, 3.05) is 26.0 Å². The molecule has 0 aromatic heterocycles. The highest BCUT2D eigenvalue weighted by molar-refractivity contribution is 8.00. The number of carbonyl (C=O) groups is 2. The Hall–Kier alpha value is -1.57. The molecule has 0 fully saturated rings. The number of thioether (sulfide) groups is 1. The first kappa shape index (κ1) is 16.5. The van der Waals surface area contributed by atoms with E-state index >= 15 is 0 Å². The van der Waals surface area contributed by atoms with Crippen LogP contribution in [0.4, 0.5) is 4.79 Å². The SMILES string of the molecule is COCCNCc1cccc(SCC(=O)NC(N)=O)c1. The van der Waals surface area contributed by atoms with Gasteiger partial charge in [-0.05, 0) is 17.7 Å². The van der Waals surface area contributed by atoms with Gasteiger partial charge in [0.25, 0.3) is 0 Å². The van der Waals surface area contributed by atoms with Crippen molar-refractivity contribution in [2.24, 2.45) is 5.73 Å². The van der Waals surface area contributed by atoms with E-state index in [4.69, 9.17) is 10.5 Å². The highest BCUT2D eigenvalue weighted by Crippen LogP contribution is 2.18. The van der Waals surface area contributed by atoms with Crippen molar-refractivity contribution in [3.05, 3.63) is 29.8 Å². The maximum atomic E-state index is 11.3. The molecule has 0 spiro atoms. The van der Waals surface area contributed by atoms with E-state index in [0.717, 1.165) is 23.5 Å². The summed E-state index contributed by atoms with van der Waals surface area (Å²) in [6, 6.07) is 7.03. The van der Waals surface area contributed by atoms with Gasteiger partial charge >= 0.3 is 6.03 Å². The molecule has 1 aromatic carbocycles. The minimum atomic E-state index is -0.827. The Kier molecular flexibility index (Phi) is 7.71. The molecule has 3 amide bonds. The molecule has 0 aliphatic heterocycles. The molecule has 110 valence electrons. The lowest BCUT2D eigenvalue weighted by Gasteiger charge is -2.06. The third-order valence-electron chi connectivity index (χ3n) is 2.34. The van der Waals surface area contributed by atoms with Crippen molar-refractivity contribution in [3.8, 4) is 0 Å². The van der Waals surface area contributed by atoms with Gasteiger partial charge in [-0.1, -0.05) is 12.1 Å². The lowest BCUT2D eigenvalue weighted by atomic mass is 10.2. The average molecular weight is 297 g/mol. The fourth-order valence-electron chi connectivity index (χ4n) is 1.47. The zero-order valence-corrected chi connectivity index (χ0v) is 12.2. The molecule has 0 bridgehead atoms. The van der Waals surface area contributed by atoms with Gasteiger partial charge in [0.2, 0.25) is 5.91 Å². The van der Waals surface area contributed by atoms with E-state index in [0.29, 0.717) is 6.61 Å². The number of rotatable bonds is 8. The molecule has 20 heavy (non-hydrogen) atoms. The molecule has 7 heteroatoms. The second-order valence-corrected chi connectivity index (χ2v) is 5.07. The van der Waals surface area contributed by atoms with E-state index < -0.39 is 11.9 Å². The number of nitrogens with two attached hydrogens (primary N) is 1. The molecule has 0 unspecified atom stereocenters. The standard InChI is InChI=1S/C13H19N3O3S/c1-19-6-5-15-8-10-3-2-4-11(7-10)20-9-12(17)16-13(14)18/h2-4,7,15H,5-6,8-9H2,1H3,(H3,14,16,17,18). The molecule has 0 radical (unpaired) electrons. The number of primary amides is 1. The van der Waals surface area contributed by atoms with Gasteiger partial charge in [-0.25, -0.2) is 4.79 Å². The maximum Gasteiger partial charge on any atom is 0.318 e. The molecule has 0 aliphatic carbocycles. The Balaban J connectivity index is 2.39. The van der Waals surface area contributed by atoms with E-state index in [-0.39, 0.29) is 5.75 Å². The summed E-state index contributed by atoms with van der Waals surface area (Å²) in [5.41, 5.74) is 5.99. The summed E-state index contributed by atoms with van der Waals surface area (Å²) >= 11 is 1.36. The van der Waals surface area contributed by atoms with Crippen LogP contribution in [-0.4, -0.2) is 38.0 Å². The van der Waals surface area contributed by atoms with Crippen molar-refractivity contribution in [2.45, 2.75) is 11.4 Å². The van der Waals surface area contributed by atoms with Crippen molar-refractivity contribution < 1.29 is 14.3 Å². The smallest absolute Gasteiger partial charge is 0.318 e. The number of hydrogen-bond acceptors (Lipinski definition) is 5. The van der Waals surface area contributed by atoms with Gasteiger partial charge < -0.3 is 15.8 Å². The van der Waals surface area contributed by atoms with Gasteiger partial charge in [-0.2, -0.15) is 0 Å². The van der Waals surface area contributed by atoms with Gasteiger partial charge in [0.05, 0.1) is 12.4 Å². The highest BCUT2D eigenvalue weighted by Gasteiger charge is 2.05.